The first-order valence-corrected chi connectivity index (χ1v) is 4.12. The topological polar surface area (TPSA) is 25.2 Å². The minimum Gasteiger partial charge on any atom is -0.465 e. The molecule has 0 radical (unpaired) electrons. The Morgan fingerprint density at radius 3 is 2.83 bits per heavy atom. The lowest BCUT2D eigenvalue weighted by molar-refractivity contribution is 0.418. The van der Waals surface area contributed by atoms with Crippen molar-refractivity contribution in [3.05, 3.63) is 36.3 Å². The van der Waals surface area contributed by atoms with Crippen molar-refractivity contribution in [2.24, 2.45) is 0 Å². The summed E-state index contributed by atoms with van der Waals surface area (Å²) in [6, 6.07) is 4.24. The van der Waals surface area contributed by atoms with Gasteiger partial charge in [-0.05, 0) is 32.5 Å². The molecule has 1 unspecified atom stereocenters. The second-order valence-corrected chi connectivity index (χ2v) is 2.81. The van der Waals surface area contributed by atoms with E-state index in [0.29, 0.717) is 0 Å². The largest absolute Gasteiger partial charge is 0.465 e. The maximum absolute atomic E-state index is 5.48. The van der Waals surface area contributed by atoms with Gasteiger partial charge in [0.1, 0.15) is 11.5 Å². The van der Waals surface area contributed by atoms with E-state index in [0.717, 1.165) is 17.9 Å². The van der Waals surface area contributed by atoms with Gasteiger partial charge in [0.05, 0.1) is 6.04 Å². The van der Waals surface area contributed by atoms with Gasteiger partial charge in [-0.3, -0.25) is 0 Å². The van der Waals surface area contributed by atoms with Crippen molar-refractivity contribution in [2.45, 2.75) is 19.4 Å². The second-order valence-electron chi connectivity index (χ2n) is 2.81. The molecule has 0 saturated heterocycles. The van der Waals surface area contributed by atoms with Gasteiger partial charge in [-0.1, -0.05) is 6.08 Å². The Kier molecular flexibility index (Phi) is 3.11. The molecule has 2 heteroatoms. The van der Waals surface area contributed by atoms with Crippen LogP contribution in [-0.2, 0) is 0 Å². The van der Waals surface area contributed by atoms with Gasteiger partial charge >= 0.3 is 0 Å². The molecule has 1 aromatic heterocycles. The van der Waals surface area contributed by atoms with E-state index in [1.807, 2.05) is 32.2 Å². The molecule has 1 rings (SSSR count). The minimum atomic E-state index is 0.260. The van der Waals surface area contributed by atoms with Gasteiger partial charge < -0.3 is 9.73 Å². The van der Waals surface area contributed by atoms with E-state index in [2.05, 4.69) is 11.9 Å². The van der Waals surface area contributed by atoms with E-state index in [9.17, 15) is 0 Å². The van der Waals surface area contributed by atoms with Gasteiger partial charge in [0.25, 0.3) is 0 Å². The molecule has 1 heterocycles. The molecule has 0 aliphatic heterocycles. The summed E-state index contributed by atoms with van der Waals surface area (Å²) in [5.74, 6) is 1.93. The molecule has 66 valence electrons. The third-order valence-electron chi connectivity index (χ3n) is 1.86. The van der Waals surface area contributed by atoms with E-state index < -0.39 is 0 Å². The molecule has 1 atom stereocenters. The van der Waals surface area contributed by atoms with Crippen LogP contribution in [0.4, 0.5) is 0 Å². The molecular weight excluding hydrogens is 150 g/mol. The van der Waals surface area contributed by atoms with Crippen LogP contribution >= 0.6 is 0 Å². The van der Waals surface area contributed by atoms with E-state index in [1.54, 1.807) is 0 Å². The fraction of sp³-hybridized carbons (Fsp3) is 0.400. The van der Waals surface area contributed by atoms with Crippen LogP contribution in [0.25, 0.3) is 0 Å². The van der Waals surface area contributed by atoms with Crippen molar-refractivity contribution in [1.82, 2.24) is 5.32 Å². The van der Waals surface area contributed by atoms with E-state index in [4.69, 9.17) is 4.42 Å². The average Bonchev–Trinajstić information content (AvgIpc) is 2.47. The number of hydrogen-bond donors (Lipinski definition) is 1. The summed E-state index contributed by atoms with van der Waals surface area (Å²) in [7, 11) is 1.92. The van der Waals surface area contributed by atoms with Crippen LogP contribution in [-0.4, -0.2) is 7.05 Å². The minimum absolute atomic E-state index is 0.260. The Labute approximate surface area is 73.3 Å². The lowest BCUT2D eigenvalue weighted by Gasteiger charge is -2.09. The zero-order valence-electron chi connectivity index (χ0n) is 7.63. The molecule has 0 aliphatic carbocycles. The maximum Gasteiger partial charge on any atom is 0.121 e. The summed E-state index contributed by atoms with van der Waals surface area (Å²) in [6.07, 6.45) is 2.78. The van der Waals surface area contributed by atoms with E-state index >= 15 is 0 Å². The maximum atomic E-state index is 5.48. The molecule has 12 heavy (non-hydrogen) atoms. The number of furan rings is 1. The summed E-state index contributed by atoms with van der Waals surface area (Å²) in [4.78, 5) is 0. The van der Waals surface area contributed by atoms with Gasteiger partial charge in [-0.25, -0.2) is 0 Å². The van der Waals surface area contributed by atoms with Crippen LogP contribution in [0.5, 0.6) is 0 Å². The van der Waals surface area contributed by atoms with Crippen molar-refractivity contribution in [3.8, 4) is 0 Å². The van der Waals surface area contributed by atoms with Gasteiger partial charge in [0, 0.05) is 0 Å². The molecule has 0 saturated carbocycles. The molecule has 1 N–H and O–H groups in total. The van der Waals surface area contributed by atoms with Gasteiger partial charge in [-0.2, -0.15) is 0 Å². The monoisotopic (exact) mass is 165 g/mol. The molecule has 0 bridgehead atoms. The number of aryl methyl sites for hydroxylation is 1. The summed E-state index contributed by atoms with van der Waals surface area (Å²) < 4.78 is 5.48. The lowest BCUT2D eigenvalue weighted by atomic mass is 10.1. The highest BCUT2D eigenvalue weighted by atomic mass is 16.3. The van der Waals surface area contributed by atoms with Crippen LogP contribution in [0.2, 0.25) is 0 Å². The SMILES string of the molecule is C=CCC(NC)c1ccc(C)o1. The zero-order valence-corrected chi connectivity index (χ0v) is 7.63. The van der Waals surface area contributed by atoms with Crippen molar-refractivity contribution in [3.63, 3.8) is 0 Å². The first kappa shape index (κ1) is 9.07. The fourth-order valence-corrected chi connectivity index (χ4v) is 1.18. The predicted octanol–water partition coefficient (Wildman–Crippen LogP) is 2.42. The van der Waals surface area contributed by atoms with Crippen molar-refractivity contribution in [1.29, 1.82) is 0 Å². The second kappa shape index (κ2) is 4.12. The van der Waals surface area contributed by atoms with Crippen LogP contribution in [0.3, 0.4) is 0 Å². The zero-order chi connectivity index (χ0) is 8.97. The summed E-state index contributed by atoms with van der Waals surface area (Å²) in [5, 5.41) is 3.17. The third-order valence-corrected chi connectivity index (χ3v) is 1.86. The Morgan fingerprint density at radius 2 is 2.42 bits per heavy atom. The van der Waals surface area contributed by atoms with Crippen LogP contribution in [0.1, 0.15) is 24.0 Å². The summed E-state index contributed by atoms with van der Waals surface area (Å²) in [6.45, 7) is 5.65. The molecule has 0 fully saturated rings. The van der Waals surface area contributed by atoms with Crippen LogP contribution in [0.15, 0.2) is 29.2 Å². The fourth-order valence-electron chi connectivity index (χ4n) is 1.18. The quantitative estimate of drug-likeness (QED) is 0.693. The molecule has 0 aromatic carbocycles. The van der Waals surface area contributed by atoms with Crippen molar-refractivity contribution >= 4 is 0 Å². The van der Waals surface area contributed by atoms with Crippen LogP contribution in [0, 0.1) is 6.92 Å². The normalized spacial score (nSPS) is 12.8. The molecule has 0 aliphatic rings. The first-order chi connectivity index (χ1) is 5.77. The Bertz CT molecular complexity index is 252. The van der Waals surface area contributed by atoms with E-state index in [-0.39, 0.29) is 6.04 Å². The molecule has 1 aromatic rings. The van der Waals surface area contributed by atoms with Gasteiger partial charge in [0.15, 0.2) is 0 Å². The highest BCUT2D eigenvalue weighted by Gasteiger charge is 2.09. The van der Waals surface area contributed by atoms with Crippen molar-refractivity contribution < 1.29 is 4.42 Å². The highest BCUT2D eigenvalue weighted by molar-refractivity contribution is 5.10. The predicted molar refractivity (Wildman–Crippen MR) is 50.1 cm³/mol. The molecule has 2 nitrogen and oxygen atoms in total. The van der Waals surface area contributed by atoms with Gasteiger partial charge in [0.2, 0.25) is 0 Å². The standard InChI is InChI=1S/C10H15NO/c1-4-5-9(11-3)10-7-6-8(2)12-10/h4,6-7,9,11H,1,5H2,2-3H3. The Hall–Kier alpha value is -1.02. The number of rotatable bonds is 4. The molecule has 0 spiro atoms. The Morgan fingerprint density at radius 1 is 1.67 bits per heavy atom. The summed E-state index contributed by atoms with van der Waals surface area (Å²) in [5.41, 5.74) is 0. The third kappa shape index (κ3) is 1.98. The van der Waals surface area contributed by atoms with Crippen molar-refractivity contribution in [2.75, 3.05) is 7.05 Å². The smallest absolute Gasteiger partial charge is 0.121 e. The van der Waals surface area contributed by atoms with Crippen LogP contribution < -0.4 is 5.32 Å². The van der Waals surface area contributed by atoms with E-state index in [1.165, 1.54) is 0 Å². The lowest BCUT2D eigenvalue weighted by Crippen LogP contribution is -2.14. The Balaban J connectivity index is 2.72. The number of nitrogens with one attached hydrogen (secondary N) is 1. The molecule has 0 amide bonds. The molecular formula is C10H15NO. The number of hydrogen-bond acceptors (Lipinski definition) is 2. The van der Waals surface area contributed by atoms with Gasteiger partial charge in [-0.15, -0.1) is 6.58 Å². The summed E-state index contributed by atoms with van der Waals surface area (Å²) >= 11 is 0. The average molecular weight is 165 g/mol. The highest BCUT2D eigenvalue weighted by Crippen LogP contribution is 2.18. The first-order valence-electron chi connectivity index (χ1n) is 4.12.